The van der Waals surface area contributed by atoms with Crippen molar-refractivity contribution in [2.45, 2.75) is 19.3 Å². The molecule has 0 aliphatic carbocycles. The Morgan fingerprint density at radius 1 is 1.00 bits per heavy atom. The quantitative estimate of drug-likeness (QED) is 0.725. The van der Waals surface area contributed by atoms with Gasteiger partial charge in [0.05, 0.1) is 4.88 Å². The SMILES string of the molecule is O=C(O)CCCC(=O)Nc1cccc(NC(=O)c2cccs2)c1. The van der Waals surface area contributed by atoms with E-state index in [9.17, 15) is 14.4 Å². The number of nitrogens with one attached hydrogen (secondary N) is 2. The van der Waals surface area contributed by atoms with Crippen LogP contribution in [0.1, 0.15) is 28.9 Å². The second-order valence-electron chi connectivity index (χ2n) is 4.81. The minimum Gasteiger partial charge on any atom is -0.481 e. The van der Waals surface area contributed by atoms with Crippen LogP contribution in [0.5, 0.6) is 0 Å². The van der Waals surface area contributed by atoms with Crippen molar-refractivity contribution in [2.75, 3.05) is 10.6 Å². The van der Waals surface area contributed by atoms with Gasteiger partial charge in [0.15, 0.2) is 0 Å². The first-order valence-electron chi connectivity index (χ1n) is 7.01. The molecule has 1 aromatic carbocycles. The molecule has 0 saturated carbocycles. The Kier molecular flexibility index (Phi) is 5.87. The van der Waals surface area contributed by atoms with Gasteiger partial charge in [0.25, 0.3) is 5.91 Å². The Hall–Kier alpha value is -2.67. The minimum atomic E-state index is -0.920. The van der Waals surface area contributed by atoms with Crippen molar-refractivity contribution < 1.29 is 19.5 Å². The Bertz CT molecular complexity index is 698. The molecule has 0 fully saturated rings. The first kappa shape index (κ1) is 16.7. The van der Waals surface area contributed by atoms with Crippen LogP contribution in [-0.2, 0) is 9.59 Å². The molecule has 0 saturated heterocycles. The zero-order chi connectivity index (χ0) is 16.7. The van der Waals surface area contributed by atoms with Gasteiger partial charge in [-0.3, -0.25) is 14.4 Å². The average Bonchev–Trinajstić information content (AvgIpc) is 3.01. The second kappa shape index (κ2) is 8.09. The molecule has 0 aliphatic rings. The zero-order valence-corrected chi connectivity index (χ0v) is 13.1. The summed E-state index contributed by atoms with van der Waals surface area (Å²) in [7, 11) is 0. The predicted molar refractivity (Wildman–Crippen MR) is 88.8 cm³/mol. The van der Waals surface area contributed by atoms with Gasteiger partial charge in [-0.05, 0) is 36.1 Å². The predicted octanol–water partition coefficient (Wildman–Crippen LogP) is 3.19. The van der Waals surface area contributed by atoms with Crippen LogP contribution in [0.15, 0.2) is 41.8 Å². The molecule has 0 aliphatic heterocycles. The summed E-state index contributed by atoms with van der Waals surface area (Å²) in [5.74, 6) is -1.38. The highest BCUT2D eigenvalue weighted by atomic mass is 32.1. The number of hydrogen-bond donors (Lipinski definition) is 3. The molecule has 2 rings (SSSR count). The first-order valence-corrected chi connectivity index (χ1v) is 7.89. The molecule has 7 heteroatoms. The van der Waals surface area contributed by atoms with E-state index >= 15 is 0 Å². The van der Waals surface area contributed by atoms with Gasteiger partial charge in [-0.15, -0.1) is 11.3 Å². The molecule has 2 amide bonds. The van der Waals surface area contributed by atoms with E-state index in [1.54, 1.807) is 36.4 Å². The maximum absolute atomic E-state index is 12.0. The Balaban J connectivity index is 1.90. The highest BCUT2D eigenvalue weighted by molar-refractivity contribution is 7.12. The standard InChI is InChI=1S/C16H16N2O4S/c19-14(7-2-8-15(20)21)17-11-4-1-5-12(10-11)18-16(22)13-6-3-9-23-13/h1,3-6,9-10H,2,7-8H2,(H,17,19)(H,18,22)(H,20,21). The van der Waals surface area contributed by atoms with Crippen LogP contribution in [-0.4, -0.2) is 22.9 Å². The fourth-order valence-corrected chi connectivity index (χ4v) is 2.52. The molecule has 0 spiro atoms. The Labute approximate surface area is 137 Å². The van der Waals surface area contributed by atoms with E-state index < -0.39 is 5.97 Å². The third kappa shape index (κ3) is 5.55. The van der Waals surface area contributed by atoms with Crippen molar-refractivity contribution in [3.05, 3.63) is 46.7 Å². The van der Waals surface area contributed by atoms with Gasteiger partial charge < -0.3 is 15.7 Å². The zero-order valence-electron chi connectivity index (χ0n) is 12.2. The molecular weight excluding hydrogens is 316 g/mol. The monoisotopic (exact) mass is 332 g/mol. The summed E-state index contributed by atoms with van der Waals surface area (Å²) in [5.41, 5.74) is 1.13. The van der Waals surface area contributed by atoms with Gasteiger partial charge in [0, 0.05) is 24.2 Å². The van der Waals surface area contributed by atoms with Crippen molar-refractivity contribution in [2.24, 2.45) is 0 Å². The maximum Gasteiger partial charge on any atom is 0.303 e. The third-order valence-electron chi connectivity index (χ3n) is 2.94. The average molecular weight is 332 g/mol. The number of carbonyl (C=O) groups is 3. The van der Waals surface area contributed by atoms with E-state index in [1.165, 1.54) is 11.3 Å². The van der Waals surface area contributed by atoms with E-state index in [4.69, 9.17) is 5.11 Å². The summed E-state index contributed by atoms with van der Waals surface area (Å²) in [6.45, 7) is 0. The van der Waals surface area contributed by atoms with Crippen LogP contribution in [0.2, 0.25) is 0 Å². The van der Waals surface area contributed by atoms with Crippen LogP contribution in [0.25, 0.3) is 0 Å². The molecule has 120 valence electrons. The summed E-state index contributed by atoms with van der Waals surface area (Å²) in [6, 6.07) is 10.3. The molecule has 0 unspecified atom stereocenters. The number of rotatable bonds is 7. The van der Waals surface area contributed by atoms with Crippen molar-refractivity contribution in [1.29, 1.82) is 0 Å². The van der Waals surface area contributed by atoms with Crippen LogP contribution >= 0.6 is 11.3 Å². The van der Waals surface area contributed by atoms with Crippen molar-refractivity contribution in [3.8, 4) is 0 Å². The fourth-order valence-electron chi connectivity index (χ4n) is 1.90. The molecule has 23 heavy (non-hydrogen) atoms. The summed E-state index contributed by atoms with van der Waals surface area (Å²) in [4.78, 5) is 34.7. The van der Waals surface area contributed by atoms with Gasteiger partial charge >= 0.3 is 5.97 Å². The van der Waals surface area contributed by atoms with Crippen molar-refractivity contribution in [1.82, 2.24) is 0 Å². The van der Waals surface area contributed by atoms with Gasteiger partial charge in [-0.2, -0.15) is 0 Å². The number of carboxylic acid groups (broad SMARTS) is 1. The van der Waals surface area contributed by atoms with E-state index in [-0.39, 0.29) is 31.1 Å². The number of benzene rings is 1. The fraction of sp³-hybridized carbons (Fsp3) is 0.188. The lowest BCUT2D eigenvalue weighted by Gasteiger charge is -2.08. The smallest absolute Gasteiger partial charge is 0.303 e. The molecule has 2 aromatic rings. The number of thiophene rings is 1. The summed E-state index contributed by atoms with van der Waals surface area (Å²) in [6.07, 6.45) is 0.387. The largest absolute Gasteiger partial charge is 0.481 e. The molecule has 1 aromatic heterocycles. The van der Waals surface area contributed by atoms with Crippen LogP contribution in [0.3, 0.4) is 0 Å². The lowest BCUT2D eigenvalue weighted by molar-refractivity contribution is -0.137. The molecule has 3 N–H and O–H groups in total. The number of carbonyl (C=O) groups excluding carboxylic acids is 2. The lowest BCUT2D eigenvalue weighted by atomic mass is 10.2. The van der Waals surface area contributed by atoms with Crippen LogP contribution < -0.4 is 10.6 Å². The topological polar surface area (TPSA) is 95.5 Å². The second-order valence-corrected chi connectivity index (χ2v) is 5.76. The van der Waals surface area contributed by atoms with E-state index in [2.05, 4.69) is 10.6 Å². The summed E-state index contributed by atoms with van der Waals surface area (Å²) < 4.78 is 0. The van der Waals surface area contributed by atoms with E-state index in [0.29, 0.717) is 16.3 Å². The Morgan fingerprint density at radius 3 is 2.39 bits per heavy atom. The van der Waals surface area contributed by atoms with Crippen molar-refractivity contribution in [3.63, 3.8) is 0 Å². The van der Waals surface area contributed by atoms with Gasteiger partial charge in [-0.25, -0.2) is 0 Å². The molecule has 1 heterocycles. The lowest BCUT2D eigenvalue weighted by Crippen LogP contribution is -2.13. The number of amides is 2. The number of carboxylic acids is 1. The third-order valence-corrected chi connectivity index (χ3v) is 3.81. The molecule has 0 bridgehead atoms. The van der Waals surface area contributed by atoms with E-state index in [0.717, 1.165) is 0 Å². The highest BCUT2D eigenvalue weighted by Crippen LogP contribution is 2.18. The van der Waals surface area contributed by atoms with E-state index in [1.807, 2.05) is 5.38 Å². The maximum atomic E-state index is 12.0. The Morgan fingerprint density at radius 2 is 1.74 bits per heavy atom. The molecule has 0 radical (unpaired) electrons. The summed E-state index contributed by atoms with van der Waals surface area (Å²) >= 11 is 1.35. The van der Waals surface area contributed by atoms with Crippen LogP contribution in [0.4, 0.5) is 11.4 Å². The molecule has 6 nitrogen and oxygen atoms in total. The van der Waals surface area contributed by atoms with Gasteiger partial charge in [0.1, 0.15) is 0 Å². The normalized spacial score (nSPS) is 10.1. The molecular formula is C16H16N2O4S. The number of hydrogen-bond acceptors (Lipinski definition) is 4. The van der Waals surface area contributed by atoms with Gasteiger partial charge in [0.2, 0.25) is 5.91 Å². The number of anilines is 2. The summed E-state index contributed by atoms with van der Waals surface area (Å²) in [5, 5.41) is 15.8. The highest BCUT2D eigenvalue weighted by Gasteiger charge is 2.08. The minimum absolute atomic E-state index is 0.0374. The molecule has 0 atom stereocenters. The van der Waals surface area contributed by atoms with Gasteiger partial charge in [-0.1, -0.05) is 12.1 Å². The first-order chi connectivity index (χ1) is 11.0. The van der Waals surface area contributed by atoms with Crippen LogP contribution in [0, 0.1) is 0 Å². The number of aliphatic carboxylic acids is 1. The van der Waals surface area contributed by atoms with Crippen molar-refractivity contribution >= 4 is 40.5 Å².